The maximum atomic E-state index is 11.8. The van der Waals surface area contributed by atoms with Gasteiger partial charge in [0.2, 0.25) is 5.82 Å². The second kappa shape index (κ2) is 4.75. The maximum Gasteiger partial charge on any atom is 0.291 e. The van der Waals surface area contributed by atoms with Crippen LogP contribution >= 0.6 is 0 Å². The average molecular weight is 258 g/mol. The average Bonchev–Trinajstić information content (AvgIpc) is 3.15. The summed E-state index contributed by atoms with van der Waals surface area (Å²) in [7, 11) is 0. The number of amides is 1. The predicted octanol–water partition coefficient (Wildman–Crippen LogP) is 0.711. The molecule has 0 atom stereocenters. The minimum Gasteiger partial charge on any atom is -0.344 e. The van der Waals surface area contributed by atoms with Gasteiger partial charge in [-0.1, -0.05) is 0 Å². The molecule has 1 aliphatic carbocycles. The van der Waals surface area contributed by atoms with Crippen LogP contribution in [-0.4, -0.2) is 31.1 Å². The van der Waals surface area contributed by atoms with Crippen molar-refractivity contribution < 1.29 is 4.79 Å². The SMILES string of the molecule is Cc1cnc(CNC(=O)c2n[nH]c(C3CC3)n2)cn1. The third-order valence-corrected chi connectivity index (χ3v) is 2.93. The van der Waals surface area contributed by atoms with Gasteiger partial charge in [-0.25, -0.2) is 4.98 Å². The van der Waals surface area contributed by atoms with E-state index >= 15 is 0 Å². The molecule has 0 spiro atoms. The summed E-state index contributed by atoms with van der Waals surface area (Å²) in [6, 6.07) is 0. The molecule has 1 saturated carbocycles. The number of rotatable bonds is 4. The Morgan fingerprint density at radius 3 is 2.95 bits per heavy atom. The highest BCUT2D eigenvalue weighted by atomic mass is 16.2. The van der Waals surface area contributed by atoms with Crippen molar-refractivity contribution in [3.05, 3.63) is 35.4 Å². The van der Waals surface area contributed by atoms with Crippen molar-refractivity contribution in [3.63, 3.8) is 0 Å². The van der Waals surface area contributed by atoms with Crippen molar-refractivity contribution in [3.8, 4) is 0 Å². The van der Waals surface area contributed by atoms with Crippen molar-refractivity contribution in [1.29, 1.82) is 0 Å². The van der Waals surface area contributed by atoms with Gasteiger partial charge in [0.15, 0.2) is 0 Å². The minimum atomic E-state index is -0.300. The Labute approximate surface area is 109 Å². The van der Waals surface area contributed by atoms with Gasteiger partial charge in [0, 0.05) is 12.1 Å². The van der Waals surface area contributed by atoms with E-state index in [-0.39, 0.29) is 11.7 Å². The number of nitrogens with zero attached hydrogens (tertiary/aromatic N) is 4. The standard InChI is InChI=1S/C12H14N6O/c1-7-4-14-9(5-13-7)6-15-12(19)11-16-10(17-18-11)8-2-3-8/h4-5,8H,2-3,6H2,1H3,(H,15,19)(H,16,17,18). The third-order valence-electron chi connectivity index (χ3n) is 2.93. The van der Waals surface area contributed by atoms with E-state index in [2.05, 4.69) is 30.5 Å². The first-order chi connectivity index (χ1) is 9.22. The Morgan fingerprint density at radius 1 is 1.42 bits per heavy atom. The van der Waals surface area contributed by atoms with Crippen LogP contribution in [0.3, 0.4) is 0 Å². The Kier molecular flexibility index (Phi) is 2.94. The molecule has 0 aromatic carbocycles. The second-order valence-electron chi connectivity index (χ2n) is 4.65. The van der Waals surface area contributed by atoms with Crippen LogP contribution in [-0.2, 0) is 6.54 Å². The molecule has 98 valence electrons. The van der Waals surface area contributed by atoms with Crippen LogP contribution in [0.25, 0.3) is 0 Å². The number of H-pyrrole nitrogens is 1. The van der Waals surface area contributed by atoms with E-state index < -0.39 is 0 Å². The van der Waals surface area contributed by atoms with Crippen LogP contribution in [0.5, 0.6) is 0 Å². The number of aryl methyl sites for hydroxylation is 1. The van der Waals surface area contributed by atoms with Gasteiger partial charge in [0.1, 0.15) is 5.82 Å². The first-order valence-electron chi connectivity index (χ1n) is 6.20. The monoisotopic (exact) mass is 258 g/mol. The zero-order valence-corrected chi connectivity index (χ0v) is 10.6. The summed E-state index contributed by atoms with van der Waals surface area (Å²) in [5, 5.41) is 9.44. The molecule has 0 radical (unpaired) electrons. The lowest BCUT2D eigenvalue weighted by atomic mass is 10.4. The van der Waals surface area contributed by atoms with Crippen LogP contribution in [0, 0.1) is 6.92 Å². The highest BCUT2D eigenvalue weighted by molar-refractivity contribution is 5.90. The number of hydrogen-bond donors (Lipinski definition) is 2. The van der Waals surface area contributed by atoms with E-state index in [1.54, 1.807) is 12.4 Å². The summed E-state index contributed by atoms with van der Waals surface area (Å²) in [5.74, 6) is 1.14. The van der Waals surface area contributed by atoms with Gasteiger partial charge in [-0.15, -0.1) is 5.10 Å². The summed E-state index contributed by atoms with van der Waals surface area (Å²) < 4.78 is 0. The first kappa shape index (κ1) is 11.8. The molecule has 1 aliphatic rings. The maximum absolute atomic E-state index is 11.8. The summed E-state index contributed by atoms with van der Waals surface area (Å²) in [6.45, 7) is 2.18. The second-order valence-corrected chi connectivity index (χ2v) is 4.65. The predicted molar refractivity (Wildman–Crippen MR) is 66.3 cm³/mol. The van der Waals surface area contributed by atoms with Crippen LogP contribution in [0.4, 0.5) is 0 Å². The molecular formula is C12H14N6O. The molecule has 2 heterocycles. The normalized spacial score (nSPS) is 14.4. The number of carbonyl (C=O) groups excluding carboxylic acids is 1. The van der Waals surface area contributed by atoms with Gasteiger partial charge >= 0.3 is 0 Å². The van der Waals surface area contributed by atoms with E-state index in [0.29, 0.717) is 18.2 Å². The molecule has 0 bridgehead atoms. The zero-order chi connectivity index (χ0) is 13.2. The van der Waals surface area contributed by atoms with Gasteiger partial charge < -0.3 is 5.32 Å². The lowest BCUT2D eigenvalue weighted by Crippen LogP contribution is -2.24. The Bertz CT molecular complexity index is 587. The lowest BCUT2D eigenvalue weighted by molar-refractivity contribution is 0.0940. The van der Waals surface area contributed by atoms with Crippen molar-refractivity contribution in [2.45, 2.75) is 32.2 Å². The van der Waals surface area contributed by atoms with E-state index in [1.165, 1.54) is 0 Å². The highest BCUT2D eigenvalue weighted by Gasteiger charge is 2.28. The molecular weight excluding hydrogens is 244 g/mol. The number of aromatic nitrogens is 5. The van der Waals surface area contributed by atoms with Crippen molar-refractivity contribution >= 4 is 5.91 Å². The van der Waals surface area contributed by atoms with E-state index in [1.807, 2.05) is 6.92 Å². The third kappa shape index (κ3) is 2.75. The molecule has 2 aromatic heterocycles. The fourth-order valence-electron chi connectivity index (χ4n) is 1.68. The Morgan fingerprint density at radius 2 is 2.26 bits per heavy atom. The summed E-state index contributed by atoms with van der Waals surface area (Å²) in [4.78, 5) is 24.3. The Balaban J connectivity index is 1.59. The summed E-state index contributed by atoms with van der Waals surface area (Å²) >= 11 is 0. The number of hydrogen-bond acceptors (Lipinski definition) is 5. The van der Waals surface area contributed by atoms with Crippen molar-refractivity contribution in [2.75, 3.05) is 0 Å². The summed E-state index contributed by atoms with van der Waals surface area (Å²) in [5.41, 5.74) is 1.55. The molecule has 19 heavy (non-hydrogen) atoms. The quantitative estimate of drug-likeness (QED) is 0.841. The van der Waals surface area contributed by atoms with E-state index in [4.69, 9.17) is 0 Å². The van der Waals surface area contributed by atoms with Crippen LogP contribution < -0.4 is 5.32 Å². The molecule has 2 N–H and O–H groups in total. The van der Waals surface area contributed by atoms with Crippen molar-refractivity contribution in [2.24, 2.45) is 0 Å². The molecule has 2 aromatic rings. The molecule has 7 nitrogen and oxygen atoms in total. The van der Waals surface area contributed by atoms with Crippen LogP contribution in [0.1, 0.15) is 46.6 Å². The van der Waals surface area contributed by atoms with Crippen molar-refractivity contribution in [1.82, 2.24) is 30.5 Å². The minimum absolute atomic E-state index is 0.182. The molecule has 3 rings (SSSR count). The van der Waals surface area contributed by atoms with Crippen LogP contribution in [0.15, 0.2) is 12.4 Å². The molecule has 0 unspecified atom stereocenters. The van der Waals surface area contributed by atoms with Crippen LogP contribution in [0.2, 0.25) is 0 Å². The highest BCUT2D eigenvalue weighted by Crippen LogP contribution is 2.37. The zero-order valence-electron chi connectivity index (χ0n) is 10.6. The number of nitrogens with one attached hydrogen (secondary N) is 2. The molecule has 1 amide bonds. The topological polar surface area (TPSA) is 96.5 Å². The van der Waals surface area contributed by atoms with Gasteiger partial charge in [-0.05, 0) is 19.8 Å². The Hall–Kier alpha value is -2.31. The number of carbonyl (C=O) groups is 1. The largest absolute Gasteiger partial charge is 0.344 e. The molecule has 0 aliphatic heterocycles. The molecule has 0 saturated heterocycles. The molecule has 7 heteroatoms. The van der Waals surface area contributed by atoms with Gasteiger partial charge in [-0.3, -0.25) is 19.9 Å². The smallest absolute Gasteiger partial charge is 0.291 e. The fraction of sp³-hybridized carbons (Fsp3) is 0.417. The molecule has 1 fully saturated rings. The summed E-state index contributed by atoms with van der Waals surface area (Å²) in [6.07, 6.45) is 5.55. The van der Waals surface area contributed by atoms with Gasteiger partial charge in [0.25, 0.3) is 5.91 Å². The lowest BCUT2D eigenvalue weighted by Gasteiger charge is -2.01. The van der Waals surface area contributed by atoms with Gasteiger partial charge in [-0.2, -0.15) is 0 Å². The first-order valence-corrected chi connectivity index (χ1v) is 6.20. The van der Waals surface area contributed by atoms with E-state index in [9.17, 15) is 4.79 Å². The fourth-order valence-corrected chi connectivity index (χ4v) is 1.68. The number of aromatic amines is 1. The van der Waals surface area contributed by atoms with Gasteiger partial charge in [0.05, 0.1) is 24.1 Å². The van der Waals surface area contributed by atoms with E-state index in [0.717, 1.165) is 24.4 Å².